The van der Waals surface area contributed by atoms with Crippen LogP contribution in [0.3, 0.4) is 0 Å². The number of carbonyl (C=O) groups excluding carboxylic acids is 3. The highest BCUT2D eigenvalue weighted by atomic mass is 16.6. The molecule has 50 heavy (non-hydrogen) atoms. The van der Waals surface area contributed by atoms with Gasteiger partial charge in [0.25, 0.3) is 0 Å². The number of ether oxygens (including phenoxy) is 3. The van der Waals surface area contributed by atoms with Crippen LogP contribution >= 0.6 is 0 Å². The fraction of sp³-hybridized carbons (Fsp3) is 0.932. The second-order valence-electron chi connectivity index (χ2n) is 15.0. The first-order valence-corrected chi connectivity index (χ1v) is 22.0. The summed E-state index contributed by atoms with van der Waals surface area (Å²) in [6, 6.07) is 0. The Kier molecular flexibility index (Phi) is 38.9. The van der Waals surface area contributed by atoms with Gasteiger partial charge in [-0.25, -0.2) is 0 Å². The standard InChI is InChI=1S/C44H84O6/c1-4-7-10-13-16-19-21-23-26-28-31-34-37-43(46)49-40-41(50-44(47)38-35-32-29-24-18-15-12-9-6-3)39-48-42(45)36-33-30-27-25-22-20-17-14-11-8-5-2/h41H,4-40H2,1-3H3/t41-/m0/s1. The molecule has 296 valence electrons. The van der Waals surface area contributed by atoms with Crippen molar-refractivity contribution in [3.8, 4) is 0 Å². The van der Waals surface area contributed by atoms with Gasteiger partial charge in [0.1, 0.15) is 13.2 Å². The molecule has 0 amide bonds. The summed E-state index contributed by atoms with van der Waals surface area (Å²) in [5.74, 6) is -0.857. The van der Waals surface area contributed by atoms with Gasteiger partial charge in [-0.1, -0.05) is 207 Å². The Morgan fingerprint density at radius 3 is 0.800 bits per heavy atom. The van der Waals surface area contributed by atoms with Gasteiger partial charge in [-0.05, 0) is 19.3 Å². The Morgan fingerprint density at radius 1 is 0.320 bits per heavy atom. The van der Waals surface area contributed by atoms with Gasteiger partial charge >= 0.3 is 17.9 Å². The summed E-state index contributed by atoms with van der Waals surface area (Å²) in [6.45, 7) is 6.62. The summed E-state index contributed by atoms with van der Waals surface area (Å²) < 4.78 is 16.7. The molecule has 0 N–H and O–H groups in total. The monoisotopic (exact) mass is 709 g/mol. The molecular weight excluding hydrogens is 624 g/mol. The lowest BCUT2D eigenvalue weighted by atomic mass is 10.0. The van der Waals surface area contributed by atoms with Gasteiger partial charge in [0.05, 0.1) is 0 Å². The minimum atomic E-state index is -0.756. The van der Waals surface area contributed by atoms with Crippen LogP contribution in [0.5, 0.6) is 0 Å². The molecule has 0 saturated heterocycles. The lowest BCUT2D eigenvalue weighted by Crippen LogP contribution is -2.30. The molecule has 0 aromatic heterocycles. The van der Waals surface area contributed by atoms with E-state index in [0.717, 1.165) is 57.8 Å². The minimum absolute atomic E-state index is 0.0632. The summed E-state index contributed by atoms with van der Waals surface area (Å²) in [7, 11) is 0. The largest absolute Gasteiger partial charge is 0.462 e. The zero-order valence-corrected chi connectivity index (χ0v) is 33.7. The Morgan fingerprint density at radius 2 is 0.540 bits per heavy atom. The Bertz CT molecular complexity index is 738. The molecule has 0 fully saturated rings. The third-order valence-corrected chi connectivity index (χ3v) is 9.86. The molecule has 0 aromatic carbocycles. The SMILES string of the molecule is CCCCCCCCCCCCCCC(=O)OC[C@H](COC(=O)CCCCCCCCCCCCC)OC(=O)CCCCCCCCCCC. The fourth-order valence-electron chi connectivity index (χ4n) is 6.50. The molecular formula is C44H84O6. The van der Waals surface area contributed by atoms with E-state index in [-0.39, 0.29) is 31.1 Å². The smallest absolute Gasteiger partial charge is 0.306 e. The van der Waals surface area contributed by atoms with E-state index in [1.165, 1.54) is 148 Å². The average molecular weight is 709 g/mol. The molecule has 6 nitrogen and oxygen atoms in total. The van der Waals surface area contributed by atoms with Crippen LogP contribution in [0.2, 0.25) is 0 Å². The predicted molar refractivity (Wildman–Crippen MR) is 210 cm³/mol. The molecule has 1 atom stereocenters. The number of hydrogen-bond acceptors (Lipinski definition) is 6. The van der Waals surface area contributed by atoms with Crippen LogP contribution in [0.25, 0.3) is 0 Å². The van der Waals surface area contributed by atoms with Gasteiger partial charge in [0, 0.05) is 19.3 Å². The first-order chi connectivity index (χ1) is 24.5. The third kappa shape index (κ3) is 37.7. The normalized spacial score (nSPS) is 11.8. The van der Waals surface area contributed by atoms with E-state index < -0.39 is 6.10 Å². The fourth-order valence-corrected chi connectivity index (χ4v) is 6.50. The van der Waals surface area contributed by atoms with Crippen LogP contribution < -0.4 is 0 Å². The van der Waals surface area contributed by atoms with E-state index in [0.29, 0.717) is 19.3 Å². The van der Waals surface area contributed by atoms with Crippen molar-refractivity contribution < 1.29 is 28.6 Å². The number of unbranched alkanes of at least 4 members (excludes halogenated alkanes) is 29. The van der Waals surface area contributed by atoms with Crippen molar-refractivity contribution in [1.29, 1.82) is 0 Å². The van der Waals surface area contributed by atoms with Crippen LogP contribution in [0.15, 0.2) is 0 Å². The number of carbonyl (C=O) groups is 3. The lowest BCUT2D eigenvalue weighted by molar-refractivity contribution is -0.167. The third-order valence-electron chi connectivity index (χ3n) is 9.86. The highest BCUT2D eigenvalue weighted by Gasteiger charge is 2.19. The van der Waals surface area contributed by atoms with Gasteiger partial charge < -0.3 is 14.2 Å². The van der Waals surface area contributed by atoms with E-state index in [9.17, 15) is 14.4 Å². The van der Waals surface area contributed by atoms with E-state index in [1.807, 2.05) is 0 Å². The van der Waals surface area contributed by atoms with Crippen molar-refractivity contribution in [1.82, 2.24) is 0 Å². The van der Waals surface area contributed by atoms with Crippen LogP contribution in [0.1, 0.15) is 245 Å². The summed E-state index contributed by atoms with van der Waals surface area (Å²) >= 11 is 0. The molecule has 0 radical (unpaired) electrons. The molecule has 0 aliphatic heterocycles. The quantitative estimate of drug-likeness (QED) is 0.0358. The Labute approximate surface area is 310 Å². The van der Waals surface area contributed by atoms with Crippen molar-refractivity contribution >= 4 is 17.9 Å². The van der Waals surface area contributed by atoms with Crippen LogP contribution in [-0.2, 0) is 28.6 Å². The molecule has 0 aliphatic carbocycles. The van der Waals surface area contributed by atoms with E-state index in [1.54, 1.807) is 0 Å². The second kappa shape index (κ2) is 40.2. The maximum absolute atomic E-state index is 12.6. The summed E-state index contributed by atoms with van der Waals surface area (Å²) in [5.41, 5.74) is 0. The van der Waals surface area contributed by atoms with Gasteiger partial charge in [0.15, 0.2) is 6.10 Å². The Balaban J connectivity index is 4.30. The molecule has 0 unspecified atom stereocenters. The topological polar surface area (TPSA) is 78.9 Å². The maximum Gasteiger partial charge on any atom is 0.306 e. The zero-order chi connectivity index (χ0) is 36.6. The van der Waals surface area contributed by atoms with Crippen molar-refractivity contribution in [2.24, 2.45) is 0 Å². The van der Waals surface area contributed by atoms with Crippen molar-refractivity contribution in [3.63, 3.8) is 0 Å². The molecule has 0 saturated carbocycles. The van der Waals surface area contributed by atoms with E-state index in [2.05, 4.69) is 20.8 Å². The first-order valence-electron chi connectivity index (χ1n) is 22.0. The van der Waals surface area contributed by atoms with Gasteiger partial charge in [-0.15, -0.1) is 0 Å². The molecule has 0 heterocycles. The second-order valence-corrected chi connectivity index (χ2v) is 15.0. The van der Waals surface area contributed by atoms with Crippen LogP contribution in [0.4, 0.5) is 0 Å². The summed E-state index contributed by atoms with van der Waals surface area (Å²) in [5, 5.41) is 0. The molecule has 6 heteroatoms. The van der Waals surface area contributed by atoms with E-state index >= 15 is 0 Å². The van der Waals surface area contributed by atoms with E-state index in [4.69, 9.17) is 14.2 Å². The van der Waals surface area contributed by atoms with Gasteiger partial charge in [0.2, 0.25) is 0 Å². The molecule has 0 aromatic rings. The predicted octanol–water partition coefficient (Wildman–Crippen LogP) is 13.7. The van der Waals surface area contributed by atoms with Crippen molar-refractivity contribution in [2.45, 2.75) is 252 Å². The number of hydrogen-bond donors (Lipinski definition) is 0. The highest BCUT2D eigenvalue weighted by Crippen LogP contribution is 2.15. The summed E-state index contributed by atoms with van der Waals surface area (Å²) in [4.78, 5) is 37.6. The van der Waals surface area contributed by atoms with Gasteiger partial charge in [-0.3, -0.25) is 14.4 Å². The maximum atomic E-state index is 12.6. The van der Waals surface area contributed by atoms with Gasteiger partial charge in [-0.2, -0.15) is 0 Å². The highest BCUT2D eigenvalue weighted by molar-refractivity contribution is 5.71. The summed E-state index contributed by atoms with van der Waals surface area (Å²) in [6.07, 6.45) is 39.4. The Hall–Kier alpha value is -1.59. The van der Waals surface area contributed by atoms with Crippen molar-refractivity contribution in [3.05, 3.63) is 0 Å². The lowest BCUT2D eigenvalue weighted by Gasteiger charge is -2.18. The van der Waals surface area contributed by atoms with Crippen molar-refractivity contribution in [2.75, 3.05) is 13.2 Å². The zero-order valence-electron chi connectivity index (χ0n) is 33.7. The molecule has 0 aliphatic rings. The minimum Gasteiger partial charge on any atom is -0.462 e. The number of esters is 3. The molecule has 0 rings (SSSR count). The molecule has 0 bridgehead atoms. The van der Waals surface area contributed by atoms with Crippen LogP contribution in [0, 0.1) is 0 Å². The average Bonchev–Trinajstić information content (AvgIpc) is 3.11. The van der Waals surface area contributed by atoms with Crippen LogP contribution in [-0.4, -0.2) is 37.2 Å². The molecule has 0 spiro atoms. The number of rotatable bonds is 40. The first kappa shape index (κ1) is 48.4.